The standard InChI is InChI=1S/C15H22N2O5/c1-3-22-15-9-12(4-5-14(15)17(19)20)16-6-7-21-10-13(16)8-11(2)18/h4-5,9,11,13,18H,3,6-8,10H2,1-2H3. The minimum absolute atomic E-state index is 0.0362. The summed E-state index contributed by atoms with van der Waals surface area (Å²) in [6, 6.07) is 4.93. The predicted octanol–water partition coefficient (Wildman–Crippen LogP) is 1.97. The van der Waals surface area contributed by atoms with Crippen LogP contribution in [0.3, 0.4) is 0 Å². The maximum absolute atomic E-state index is 11.1. The van der Waals surface area contributed by atoms with Gasteiger partial charge in [0.05, 0.1) is 36.9 Å². The Bertz CT molecular complexity index is 521. The Kier molecular flexibility index (Phi) is 5.57. The number of ether oxygens (including phenoxy) is 2. The van der Waals surface area contributed by atoms with Gasteiger partial charge in [0.25, 0.3) is 0 Å². The summed E-state index contributed by atoms with van der Waals surface area (Å²) in [4.78, 5) is 12.7. The van der Waals surface area contributed by atoms with Crippen molar-refractivity contribution in [1.29, 1.82) is 0 Å². The van der Waals surface area contributed by atoms with Crippen molar-refractivity contribution >= 4 is 11.4 Å². The zero-order valence-corrected chi connectivity index (χ0v) is 12.9. The highest BCUT2D eigenvalue weighted by Crippen LogP contribution is 2.33. The van der Waals surface area contributed by atoms with Crippen LogP contribution in [-0.2, 0) is 4.74 Å². The number of hydrogen-bond acceptors (Lipinski definition) is 6. The molecular weight excluding hydrogens is 288 g/mol. The van der Waals surface area contributed by atoms with Crippen molar-refractivity contribution in [3.8, 4) is 5.75 Å². The molecule has 1 aromatic rings. The van der Waals surface area contributed by atoms with Gasteiger partial charge in [-0.15, -0.1) is 0 Å². The molecule has 1 N–H and O–H groups in total. The number of anilines is 1. The summed E-state index contributed by atoms with van der Waals surface area (Å²) in [5.74, 6) is 0.271. The number of nitro benzene ring substituents is 1. The molecule has 0 bridgehead atoms. The van der Waals surface area contributed by atoms with Crippen LogP contribution >= 0.6 is 0 Å². The first-order valence-corrected chi connectivity index (χ1v) is 7.46. The van der Waals surface area contributed by atoms with Gasteiger partial charge in [-0.05, 0) is 26.3 Å². The molecule has 2 unspecified atom stereocenters. The van der Waals surface area contributed by atoms with E-state index in [0.29, 0.717) is 32.8 Å². The van der Waals surface area contributed by atoms with E-state index in [0.717, 1.165) is 5.69 Å². The largest absolute Gasteiger partial charge is 0.487 e. The lowest BCUT2D eigenvalue weighted by atomic mass is 10.1. The minimum atomic E-state index is -0.443. The van der Waals surface area contributed by atoms with Crippen molar-refractivity contribution in [1.82, 2.24) is 0 Å². The second kappa shape index (κ2) is 7.42. The summed E-state index contributed by atoms with van der Waals surface area (Å²) in [5, 5.41) is 20.7. The first-order chi connectivity index (χ1) is 10.5. The number of hydrogen-bond donors (Lipinski definition) is 1. The van der Waals surface area contributed by atoms with E-state index in [2.05, 4.69) is 4.90 Å². The van der Waals surface area contributed by atoms with E-state index in [4.69, 9.17) is 9.47 Å². The Labute approximate surface area is 129 Å². The lowest BCUT2D eigenvalue weighted by molar-refractivity contribution is -0.385. The molecule has 1 aromatic carbocycles. The van der Waals surface area contributed by atoms with Crippen molar-refractivity contribution in [2.75, 3.05) is 31.3 Å². The number of aliphatic hydroxyl groups excluding tert-OH is 1. The molecule has 7 heteroatoms. The number of rotatable bonds is 6. The summed E-state index contributed by atoms with van der Waals surface area (Å²) in [7, 11) is 0. The highest BCUT2D eigenvalue weighted by Gasteiger charge is 2.26. The van der Waals surface area contributed by atoms with Crippen molar-refractivity contribution in [2.24, 2.45) is 0 Å². The number of nitro groups is 1. The summed E-state index contributed by atoms with van der Waals surface area (Å²) in [6.07, 6.45) is 0.152. The Morgan fingerprint density at radius 1 is 1.59 bits per heavy atom. The molecule has 0 aliphatic carbocycles. The highest BCUT2D eigenvalue weighted by molar-refractivity contribution is 5.60. The second-order valence-electron chi connectivity index (χ2n) is 5.35. The van der Waals surface area contributed by atoms with Gasteiger partial charge in [0.15, 0.2) is 5.75 Å². The quantitative estimate of drug-likeness (QED) is 0.638. The molecule has 2 atom stereocenters. The van der Waals surface area contributed by atoms with Crippen LogP contribution in [0.25, 0.3) is 0 Å². The van der Waals surface area contributed by atoms with E-state index in [1.807, 2.05) is 0 Å². The van der Waals surface area contributed by atoms with Crippen LogP contribution in [0.15, 0.2) is 18.2 Å². The fraction of sp³-hybridized carbons (Fsp3) is 0.600. The Morgan fingerprint density at radius 2 is 2.36 bits per heavy atom. The highest BCUT2D eigenvalue weighted by atomic mass is 16.6. The molecule has 0 saturated carbocycles. The van der Waals surface area contributed by atoms with Gasteiger partial charge in [-0.25, -0.2) is 0 Å². The van der Waals surface area contributed by atoms with Crippen LogP contribution in [0.4, 0.5) is 11.4 Å². The van der Waals surface area contributed by atoms with Gasteiger partial charge in [0.1, 0.15) is 0 Å². The van der Waals surface area contributed by atoms with Crippen LogP contribution in [-0.4, -0.2) is 48.5 Å². The summed E-state index contributed by atoms with van der Waals surface area (Å²) >= 11 is 0. The van der Waals surface area contributed by atoms with Crippen LogP contribution in [0.5, 0.6) is 5.75 Å². The number of morpholine rings is 1. The lowest BCUT2D eigenvalue weighted by Crippen LogP contribution is -2.46. The Morgan fingerprint density at radius 3 is 3.00 bits per heavy atom. The molecule has 0 amide bonds. The third-order valence-corrected chi connectivity index (χ3v) is 3.61. The van der Waals surface area contributed by atoms with Crippen molar-refractivity contribution in [2.45, 2.75) is 32.4 Å². The molecule has 1 aliphatic rings. The van der Waals surface area contributed by atoms with Gasteiger partial charge in [-0.2, -0.15) is 0 Å². The Balaban J connectivity index is 2.29. The first kappa shape index (κ1) is 16.5. The molecule has 0 spiro atoms. The van der Waals surface area contributed by atoms with Crippen LogP contribution < -0.4 is 9.64 Å². The zero-order valence-electron chi connectivity index (χ0n) is 12.9. The van der Waals surface area contributed by atoms with Gasteiger partial charge < -0.3 is 19.5 Å². The molecule has 1 heterocycles. The third kappa shape index (κ3) is 3.86. The van der Waals surface area contributed by atoms with E-state index in [1.54, 1.807) is 26.0 Å². The van der Waals surface area contributed by atoms with E-state index >= 15 is 0 Å². The average molecular weight is 310 g/mol. The normalized spacial score (nSPS) is 19.8. The molecule has 1 saturated heterocycles. The molecule has 2 rings (SSSR count). The fourth-order valence-corrected chi connectivity index (χ4v) is 2.69. The Hall–Kier alpha value is -1.86. The molecule has 1 fully saturated rings. The third-order valence-electron chi connectivity index (χ3n) is 3.61. The summed E-state index contributed by atoms with van der Waals surface area (Å²) < 4.78 is 10.9. The van der Waals surface area contributed by atoms with Crippen LogP contribution in [0.2, 0.25) is 0 Å². The van der Waals surface area contributed by atoms with Gasteiger partial charge in [0.2, 0.25) is 0 Å². The first-order valence-electron chi connectivity index (χ1n) is 7.46. The monoisotopic (exact) mass is 310 g/mol. The van der Waals surface area contributed by atoms with E-state index in [9.17, 15) is 15.2 Å². The van der Waals surface area contributed by atoms with Gasteiger partial charge in [-0.3, -0.25) is 10.1 Å². The zero-order chi connectivity index (χ0) is 16.1. The van der Waals surface area contributed by atoms with E-state index in [1.165, 1.54) is 6.07 Å². The molecule has 0 aromatic heterocycles. The molecular formula is C15H22N2O5. The predicted molar refractivity (Wildman–Crippen MR) is 82.5 cm³/mol. The molecule has 7 nitrogen and oxygen atoms in total. The molecule has 0 radical (unpaired) electrons. The van der Waals surface area contributed by atoms with Gasteiger partial charge in [0, 0.05) is 24.4 Å². The minimum Gasteiger partial charge on any atom is -0.487 e. The average Bonchev–Trinajstić information content (AvgIpc) is 2.47. The van der Waals surface area contributed by atoms with Gasteiger partial charge >= 0.3 is 5.69 Å². The smallest absolute Gasteiger partial charge is 0.311 e. The SMILES string of the molecule is CCOc1cc(N2CCOCC2CC(C)O)ccc1[N+](=O)[O-]. The summed E-state index contributed by atoms with van der Waals surface area (Å²) in [6.45, 7) is 5.71. The topological polar surface area (TPSA) is 85.1 Å². The van der Waals surface area contributed by atoms with Gasteiger partial charge in [-0.1, -0.05) is 0 Å². The van der Waals surface area contributed by atoms with Crippen molar-refractivity contribution in [3.05, 3.63) is 28.3 Å². The number of aliphatic hydroxyl groups is 1. The van der Waals surface area contributed by atoms with Crippen LogP contribution in [0.1, 0.15) is 20.3 Å². The van der Waals surface area contributed by atoms with Crippen LogP contribution in [0, 0.1) is 10.1 Å². The summed E-state index contributed by atoms with van der Waals surface area (Å²) in [5.41, 5.74) is 0.814. The lowest BCUT2D eigenvalue weighted by Gasteiger charge is -2.38. The van der Waals surface area contributed by atoms with Crippen molar-refractivity contribution in [3.63, 3.8) is 0 Å². The van der Waals surface area contributed by atoms with E-state index in [-0.39, 0.29) is 17.5 Å². The molecule has 1 aliphatic heterocycles. The number of nitrogens with zero attached hydrogens (tertiary/aromatic N) is 2. The second-order valence-corrected chi connectivity index (χ2v) is 5.35. The maximum atomic E-state index is 11.1. The maximum Gasteiger partial charge on any atom is 0.311 e. The van der Waals surface area contributed by atoms with Crippen molar-refractivity contribution < 1.29 is 19.5 Å². The molecule has 22 heavy (non-hydrogen) atoms. The fourth-order valence-electron chi connectivity index (χ4n) is 2.69. The molecule has 122 valence electrons. The number of benzene rings is 1. The van der Waals surface area contributed by atoms with E-state index < -0.39 is 11.0 Å².